The molecule has 3 amide bonds. The van der Waals surface area contributed by atoms with Crippen molar-refractivity contribution in [2.45, 2.75) is 57.3 Å². The SMILES string of the molecule is CCC(C)C(NC(=O)C(CS)NC(=O)C(N)CCCN=C(N)N)C(=O)NC(CS)C(=O)O. The number of carboxylic acid groups (broad SMARTS) is 1. The fourth-order valence-corrected chi connectivity index (χ4v) is 3.03. The molecule has 0 aliphatic rings. The van der Waals surface area contributed by atoms with Crippen LogP contribution in [0.1, 0.15) is 33.1 Å². The second-order valence-corrected chi connectivity index (χ2v) is 7.98. The van der Waals surface area contributed by atoms with Gasteiger partial charge in [0.25, 0.3) is 0 Å². The quantitative estimate of drug-likeness (QED) is 0.0527. The summed E-state index contributed by atoms with van der Waals surface area (Å²) in [6.07, 6.45) is 1.30. The van der Waals surface area contributed by atoms with Crippen LogP contribution in [0.5, 0.6) is 0 Å². The number of carbonyl (C=O) groups is 4. The third-order valence-corrected chi connectivity index (χ3v) is 5.44. The van der Waals surface area contributed by atoms with Crippen molar-refractivity contribution >= 4 is 54.9 Å². The molecule has 14 heteroatoms. The molecule has 5 atom stereocenters. The summed E-state index contributed by atoms with van der Waals surface area (Å²) < 4.78 is 0. The summed E-state index contributed by atoms with van der Waals surface area (Å²) >= 11 is 8.02. The van der Waals surface area contributed by atoms with Gasteiger partial charge in [-0.25, -0.2) is 4.79 Å². The second kappa shape index (κ2) is 15.6. The zero-order valence-corrected chi connectivity index (χ0v) is 20.1. The zero-order valence-electron chi connectivity index (χ0n) is 18.3. The number of nitrogens with two attached hydrogens (primary N) is 3. The van der Waals surface area contributed by atoms with Crippen molar-refractivity contribution < 1.29 is 24.3 Å². The van der Waals surface area contributed by atoms with Crippen molar-refractivity contribution in [3.8, 4) is 0 Å². The summed E-state index contributed by atoms with van der Waals surface area (Å²) in [6, 6.07) is -4.15. The minimum absolute atomic E-state index is 0.0401. The molecule has 0 saturated carbocycles. The highest BCUT2D eigenvalue weighted by molar-refractivity contribution is 7.80. The molecule has 0 aliphatic carbocycles. The first-order chi connectivity index (χ1) is 15.0. The van der Waals surface area contributed by atoms with Crippen LogP contribution >= 0.6 is 25.3 Å². The number of nitrogens with zero attached hydrogens (tertiary/aromatic N) is 1. The molecule has 0 spiro atoms. The number of hydrogen-bond acceptors (Lipinski definition) is 8. The minimum Gasteiger partial charge on any atom is -0.480 e. The molecule has 0 aromatic rings. The van der Waals surface area contributed by atoms with Gasteiger partial charge in [-0.05, 0) is 18.8 Å². The molecule has 184 valence electrons. The molecular formula is C18H35N7O5S2. The molecule has 0 aliphatic heterocycles. The van der Waals surface area contributed by atoms with Gasteiger partial charge in [-0.2, -0.15) is 25.3 Å². The molecule has 5 unspecified atom stereocenters. The number of guanidine groups is 1. The van der Waals surface area contributed by atoms with Crippen molar-refractivity contribution in [3.05, 3.63) is 0 Å². The molecule has 12 nitrogen and oxygen atoms in total. The van der Waals surface area contributed by atoms with Gasteiger partial charge < -0.3 is 38.3 Å². The number of thiol groups is 2. The Kier molecular flexibility index (Phi) is 14.5. The molecule has 0 rings (SSSR count). The third-order valence-electron chi connectivity index (χ3n) is 4.71. The van der Waals surface area contributed by atoms with E-state index in [9.17, 15) is 19.2 Å². The van der Waals surface area contributed by atoms with E-state index in [0.29, 0.717) is 25.8 Å². The van der Waals surface area contributed by atoms with Gasteiger partial charge in [0.15, 0.2) is 5.96 Å². The van der Waals surface area contributed by atoms with Crippen LogP contribution in [0.4, 0.5) is 0 Å². The lowest BCUT2D eigenvalue weighted by atomic mass is 9.97. The molecule has 0 fully saturated rings. The van der Waals surface area contributed by atoms with Gasteiger partial charge in [-0.3, -0.25) is 19.4 Å². The Morgan fingerprint density at radius 1 is 0.969 bits per heavy atom. The number of carbonyl (C=O) groups excluding carboxylic acids is 3. The van der Waals surface area contributed by atoms with Crippen LogP contribution in [0.15, 0.2) is 4.99 Å². The summed E-state index contributed by atoms with van der Waals surface area (Å²) in [7, 11) is 0. The highest BCUT2D eigenvalue weighted by Crippen LogP contribution is 2.09. The van der Waals surface area contributed by atoms with Gasteiger partial charge >= 0.3 is 5.97 Å². The molecule has 0 bridgehead atoms. The van der Waals surface area contributed by atoms with Crippen LogP contribution < -0.4 is 33.2 Å². The number of amides is 3. The predicted octanol–water partition coefficient (Wildman–Crippen LogP) is -2.19. The maximum atomic E-state index is 12.7. The fraction of sp³-hybridized carbons (Fsp3) is 0.722. The molecule has 0 saturated heterocycles. The van der Waals surface area contributed by atoms with Crippen molar-refractivity contribution in [1.29, 1.82) is 0 Å². The lowest BCUT2D eigenvalue weighted by molar-refractivity contribution is -0.142. The molecule has 0 heterocycles. The Balaban J connectivity index is 5.08. The average molecular weight is 494 g/mol. The minimum atomic E-state index is -1.24. The van der Waals surface area contributed by atoms with Gasteiger partial charge in [0.1, 0.15) is 18.1 Å². The van der Waals surface area contributed by atoms with E-state index in [1.165, 1.54) is 0 Å². The zero-order chi connectivity index (χ0) is 24.8. The van der Waals surface area contributed by atoms with Crippen molar-refractivity contribution in [2.75, 3.05) is 18.1 Å². The van der Waals surface area contributed by atoms with E-state index < -0.39 is 47.9 Å². The predicted molar refractivity (Wildman–Crippen MR) is 128 cm³/mol. The monoisotopic (exact) mass is 493 g/mol. The van der Waals surface area contributed by atoms with Crippen LogP contribution in [-0.2, 0) is 19.2 Å². The van der Waals surface area contributed by atoms with Gasteiger partial charge in [0, 0.05) is 18.1 Å². The number of rotatable bonds is 15. The van der Waals surface area contributed by atoms with E-state index in [1.54, 1.807) is 6.92 Å². The van der Waals surface area contributed by atoms with Crippen LogP contribution in [0.2, 0.25) is 0 Å². The van der Waals surface area contributed by atoms with E-state index >= 15 is 0 Å². The normalized spacial score (nSPS) is 15.4. The average Bonchev–Trinajstić information content (AvgIpc) is 2.75. The number of nitrogens with one attached hydrogen (secondary N) is 3. The van der Waals surface area contributed by atoms with E-state index in [2.05, 4.69) is 46.2 Å². The number of aliphatic imine (C=N–C) groups is 1. The maximum absolute atomic E-state index is 12.7. The Morgan fingerprint density at radius 3 is 2.00 bits per heavy atom. The first-order valence-electron chi connectivity index (χ1n) is 10.1. The van der Waals surface area contributed by atoms with Crippen LogP contribution in [0.3, 0.4) is 0 Å². The lowest BCUT2D eigenvalue weighted by Gasteiger charge is -2.27. The molecule has 32 heavy (non-hydrogen) atoms. The topological polar surface area (TPSA) is 215 Å². The van der Waals surface area contributed by atoms with E-state index in [1.807, 2.05) is 6.92 Å². The Labute approximate surface area is 198 Å². The van der Waals surface area contributed by atoms with Gasteiger partial charge in [-0.1, -0.05) is 20.3 Å². The highest BCUT2D eigenvalue weighted by Gasteiger charge is 2.32. The van der Waals surface area contributed by atoms with Crippen molar-refractivity contribution in [2.24, 2.45) is 28.1 Å². The smallest absolute Gasteiger partial charge is 0.327 e. The summed E-state index contributed by atoms with van der Waals surface area (Å²) in [4.78, 5) is 52.6. The second-order valence-electron chi connectivity index (χ2n) is 7.25. The summed E-state index contributed by atoms with van der Waals surface area (Å²) in [5, 5.41) is 16.6. The standard InChI is InChI=1S/C18H35N7O5S2/c1-3-9(2)13(16(28)24-12(8-32)17(29)30)25-15(27)11(7-31)23-14(26)10(19)5-4-6-22-18(20)21/h9-13,31-32H,3-8,19H2,1-2H3,(H,23,26)(H,24,28)(H,25,27)(H,29,30)(H4,20,21,22). The molecule has 0 aromatic heterocycles. The van der Waals surface area contributed by atoms with Crippen LogP contribution in [0.25, 0.3) is 0 Å². The van der Waals surface area contributed by atoms with Crippen molar-refractivity contribution in [1.82, 2.24) is 16.0 Å². The largest absolute Gasteiger partial charge is 0.480 e. The third kappa shape index (κ3) is 10.9. The molecular weight excluding hydrogens is 458 g/mol. The summed E-state index contributed by atoms with van der Waals surface area (Å²) in [5.41, 5.74) is 16.3. The maximum Gasteiger partial charge on any atom is 0.327 e. The molecule has 0 aromatic carbocycles. The fourth-order valence-electron chi connectivity index (χ4n) is 2.53. The molecule has 10 N–H and O–H groups in total. The van der Waals surface area contributed by atoms with Crippen LogP contribution in [-0.4, -0.2) is 77.0 Å². The summed E-state index contributed by atoms with van der Waals surface area (Å²) in [6.45, 7) is 3.88. The Morgan fingerprint density at radius 2 is 1.53 bits per heavy atom. The van der Waals surface area contributed by atoms with Crippen LogP contribution in [0, 0.1) is 5.92 Å². The Hall–Kier alpha value is -2.19. The van der Waals surface area contributed by atoms with E-state index in [-0.39, 0.29) is 23.4 Å². The van der Waals surface area contributed by atoms with E-state index in [0.717, 1.165) is 0 Å². The number of aliphatic carboxylic acids is 1. The van der Waals surface area contributed by atoms with E-state index in [4.69, 9.17) is 22.3 Å². The van der Waals surface area contributed by atoms with Crippen molar-refractivity contribution in [3.63, 3.8) is 0 Å². The lowest BCUT2D eigenvalue weighted by Crippen LogP contribution is -2.59. The molecule has 0 radical (unpaired) electrons. The highest BCUT2D eigenvalue weighted by atomic mass is 32.1. The number of hydrogen-bond donors (Lipinski definition) is 9. The van der Waals surface area contributed by atoms with Gasteiger partial charge in [-0.15, -0.1) is 0 Å². The van der Waals surface area contributed by atoms with Gasteiger partial charge in [0.2, 0.25) is 17.7 Å². The first kappa shape index (κ1) is 29.8. The first-order valence-corrected chi connectivity index (χ1v) is 11.4. The number of carboxylic acids is 1. The summed E-state index contributed by atoms with van der Waals surface area (Å²) in [5.74, 6) is -3.61. The Bertz CT molecular complexity index is 676. The van der Waals surface area contributed by atoms with Gasteiger partial charge in [0.05, 0.1) is 6.04 Å².